The average molecular weight is 504 g/mol. The van der Waals surface area contributed by atoms with Gasteiger partial charge in [0.2, 0.25) is 0 Å². The third-order valence-electron chi connectivity index (χ3n) is 8.43. The maximum atomic E-state index is 13.6. The maximum Gasteiger partial charge on any atom is 0.265 e. The topological polar surface area (TPSA) is 43.9 Å². The second-order valence-corrected chi connectivity index (χ2v) is 12.6. The lowest BCUT2D eigenvalue weighted by molar-refractivity contribution is 0.297. The molecule has 0 N–H and O–H groups in total. The Morgan fingerprint density at radius 1 is 0.750 bits per heavy atom. The summed E-state index contributed by atoms with van der Waals surface area (Å²) in [5.41, 5.74) is 3.45. The molecule has 6 rings (SSSR count). The fourth-order valence-corrected chi connectivity index (χ4v) is 8.23. The molecule has 0 unspecified atom stereocenters. The lowest BCUT2D eigenvalue weighted by Gasteiger charge is -2.28. The van der Waals surface area contributed by atoms with Crippen LogP contribution in [0.5, 0.6) is 0 Å². The molecule has 190 valence electrons. The summed E-state index contributed by atoms with van der Waals surface area (Å²) in [7, 11) is -3.49. The first-order valence-electron chi connectivity index (χ1n) is 13.7. The minimum Gasteiger partial charge on any atom is -0.370 e. The zero-order valence-corrected chi connectivity index (χ0v) is 21.9. The van der Waals surface area contributed by atoms with Gasteiger partial charge in [0.25, 0.3) is 10.0 Å². The van der Waals surface area contributed by atoms with Gasteiger partial charge in [-0.2, -0.15) is 0 Å². The molecule has 1 saturated heterocycles. The summed E-state index contributed by atoms with van der Waals surface area (Å²) >= 11 is 0. The van der Waals surface area contributed by atoms with E-state index in [9.17, 15) is 8.42 Å². The second-order valence-electron chi connectivity index (χ2n) is 10.7. The molecule has 1 aliphatic carbocycles. The van der Waals surface area contributed by atoms with E-state index in [4.69, 9.17) is 0 Å². The van der Waals surface area contributed by atoms with Crippen LogP contribution in [0.1, 0.15) is 44.1 Å². The molecule has 6 heteroatoms. The Balaban J connectivity index is 1.23. The van der Waals surface area contributed by atoms with Gasteiger partial charge in [0, 0.05) is 49.2 Å². The van der Waals surface area contributed by atoms with E-state index in [-0.39, 0.29) is 0 Å². The van der Waals surface area contributed by atoms with Crippen molar-refractivity contribution in [1.29, 1.82) is 0 Å². The Labute approximate surface area is 215 Å². The van der Waals surface area contributed by atoms with Crippen LogP contribution >= 0.6 is 0 Å². The summed E-state index contributed by atoms with van der Waals surface area (Å²) in [6.07, 6.45) is 8.19. The van der Waals surface area contributed by atoms with Crippen molar-refractivity contribution in [2.75, 3.05) is 48.5 Å². The number of sulfonamides is 1. The van der Waals surface area contributed by atoms with Crippen LogP contribution in [0.4, 0.5) is 11.4 Å². The summed E-state index contributed by atoms with van der Waals surface area (Å²) in [5.74, 6) is 0.463. The van der Waals surface area contributed by atoms with E-state index in [2.05, 4.69) is 58.3 Å². The van der Waals surface area contributed by atoms with Crippen molar-refractivity contribution in [3.05, 3.63) is 66.2 Å². The summed E-state index contributed by atoms with van der Waals surface area (Å²) in [6, 6.07) is 20.8. The molecule has 3 aliphatic rings. The van der Waals surface area contributed by atoms with Gasteiger partial charge in [-0.3, -0.25) is 4.31 Å². The molecule has 5 nitrogen and oxygen atoms in total. The van der Waals surface area contributed by atoms with Crippen LogP contribution in [0.3, 0.4) is 0 Å². The number of nitrogens with zero attached hydrogens (tertiary/aromatic N) is 3. The van der Waals surface area contributed by atoms with Gasteiger partial charge in [-0.05, 0) is 61.9 Å². The van der Waals surface area contributed by atoms with Crippen molar-refractivity contribution in [3.63, 3.8) is 0 Å². The molecule has 0 radical (unpaired) electrons. The Morgan fingerprint density at radius 3 is 2.39 bits per heavy atom. The first-order valence-corrected chi connectivity index (χ1v) is 15.1. The molecule has 0 amide bonds. The predicted octanol–water partition coefficient (Wildman–Crippen LogP) is 5.68. The zero-order chi connectivity index (χ0) is 24.5. The van der Waals surface area contributed by atoms with Gasteiger partial charge in [0.05, 0.1) is 10.6 Å². The van der Waals surface area contributed by atoms with E-state index in [0.29, 0.717) is 17.4 Å². The van der Waals surface area contributed by atoms with Crippen molar-refractivity contribution < 1.29 is 8.42 Å². The molecular formula is C30H37N3O2S. The van der Waals surface area contributed by atoms with Crippen molar-refractivity contribution in [2.24, 2.45) is 5.92 Å². The van der Waals surface area contributed by atoms with Gasteiger partial charge >= 0.3 is 0 Å². The molecule has 0 bridgehead atoms. The van der Waals surface area contributed by atoms with Crippen molar-refractivity contribution in [3.8, 4) is 0 Å². The Bertz CT molecular complexity index is 1320. The third kappa shape index (κ3) is 4.50. The Hall–Kier alpha value is -2.57. The molecule has 2 heterocycles. The molecule has 36 heavy (non-hydrogen) atoms. The molecule has 2 fully saturated rings. The molecule has 0 spiro atoms. The molecule has 0 aromatic heterocycles. The standard InChI is InChI=1S/C30H37N3O2S/c34-36(35)29-14-7-13-26-27(15-16-28(30(26)29)33(36)23-25-11-5-2-6-12-25)32-19-8-18-31(21-22-32)20-17-24-9-3-1-4-10-24/h1,3-4,7,9-10,13-16,25H,2,5-6,8,11-12,17-23H2. The Kier molecular flexibility index (Phi) is 6.65. The average Bonchev–Trinajstić information content (AvgIpc) is 3.05. The van der Waals surface area contributed by atoms with Gasteiger partial charge in [-0.15, -0.1) is 0 Å². The van der Waals surface area contributed by atoms with Crippen LogP contribution in [0.15, 0.2) is 65.6 Å². The van der Waals surface area contributed by atoms with E-state index in [0.717, 1.165) is 74.9 Å². The summed E-state index contributed by atoms with van der Waals surface area (Å²) < 4.78 is 29.0. The summed E-state index contributed by atoms with van der Waals surface area (Å²) in [6.45, 7) is 5.79. The summed E-state index contributed by atoms with van der Waals surface area (Å²) in [5, 5.41) is 2.01. The molecule has 3 aromatic carbocycles. The lowest BCUT2D eigenvalue weighted by Crippen LogP contribution is -2.33. The van der Waals surface area contributed by atoms with E-state index >= 15 is 0 Å². The minimum absolute atomic E-state index is 0.463. The highest BCUT2D eigenvalue weighted by atomic mass is 32.2. The van der Waals surface area contributed by atoms with Gasteiger partial charge in [-0.25, -0.2) is 8.42 Å². The van der Waals surface area contributed by atoms with E-state index in [1.165, 1.54) is 30.5 Å². The van der Waals surface area contributed by atoms with Gasteiger partial charge in [0.1, 0.15) is 0 Å². The Morgan fingerprint density at radius 2 is 1.56 bits per heavy atom. The van der Waals surface area contributed by atoms with Crippen LogP contribution in [0.2, 0.25) is 0 Å². The molecule has 2 aliphatic heterocycles. The van der Waals surface area contributed by atoms with Gasteiger partial charge in [-0.1, -0.05) is 61.7 Å². The summed E-state index contributed by atoms with van der Waals surface area (Å²) in [4.78, 5) is 5.54. The van der Waals surface area contributed by atoms with Crippen LogP contribution in [-0.4, -0.2) is 52.6 Å². The number of rotatable bonds is 6. The van der Waals surface area contributed by atoms with Gasteiger partial charge in [0.15, 0.2) is 0 Å². The minimum atomic E-state index is -3.49. The van der Waals surface area contributed by atoms with Crippen molar-refractivity contribution >= 4 is 32.2 Å². The van der Waals surface area contributed by atoms with Crippen LogP contribution < -0.4 is 9.21 Å². The number of anilines is 2. The molecule has 1 saturated carbocycles. The molecule has 0 atom stereocenters. The van der Waals surface area contributed by atoms with Crippen LogP contribution in [0, 0.1) is 5.92 Å². The maximum absolute atomic E-state index is 13.6. The molecular weight excluding hydrogens is 466 g/mol. The van der Waals surface area contributed by atoms with Crippen molar-refractivity contribution in [1.82, 2.24) is 4.90 Å². The highest BCUT2D eigenvalue weighted by Crippen LogP contribution is 2.46. The number of benzene rings is 3. The highest BCUT2D eigenvalue weighted by Gasteiger charge is 2.38. The fraction of sp³-hybridized carbons (Fsp3) is 0.467. The second kappa shape index (κ2) is 10.1. The van der Waals surface area contributed by atoms with Crippen LogP contribution in [0.25, 0.3) is 10.8 Å². The van der Waals surface area contributed by atoms with E-state index in [1.54, 1.807) is 10.4 Å². The quantitative estimate of drug-likeness (QED) is 0.434. The fourth-order valence-electron chi connectivity index (χ4n) is 6.45. The number of hydrogen-bond donors (Lipinski definition) is 0. The smallest absolute Gasteiger partial charge is 0.265 e. The normalized spacial score (nSPS) is 20.7. The monoisotopic (exact) mass is 503 g/mol. The first-order chi connectivity index (χ1) is 17.6. The van der Waals surface area contributed by atoms with Crippen molar-refractivity contribution in [2.45, 2.75) is 49.8 Å². The van der Waals surface area contributed by atoms with Gasteiger partial charge < -0.3 is 9.80 Å². The SMILES string of the molecule is O=S1(=O)c2cccc3c(N4CCCN(CCc5ccccc5)CC4)ccc(c23)N1CC1CCCCC1. The first kappa shape index (κ1) is 23.8. The predicted molar refractivity (Wildman–Crippen MR) is 148 cm³/mol. The lowest BCUT2D eigenvalue weighted by atomic mass is 9.89. The van der Waals surface area contributed by atoms with Crippen LogP contribution in [-0.2, 0) is 16.4 Å². The van der Waals surface area contributed by atoms with E-state index in [1.807, 2.05) is 6.07 Å². The molecule has 3 aromatic rings. The third-order valence-corrected chi connectivity index (χ3v) is 10.3. The van der Waals surface area contributed by atoms with E-state index < -0.39 is 10.0 Å². The largest absolute Gasteiger partial charge is 0.370 e. The number of hydrogen-bond acceptors (Lipinski definition) is 4. The zero-order valence-electron chi connectivity index (χ0n) is 21.1. The highest BCUT2D eigenvalue weighted by molar-refractivity contribution is 7.93.